The van der Waals surface area contributed by atoms with Crippen molar-refractivity contribution in [3.05, 3.63) is 34.9 Å². The summed E-state index contributed by atoms with van der Waals surface area (Å²) in [5.41, 5.74) is 9.71. The van der Waals surface area contributed by atoms with Crippen molar-refractivity contribution in [3.8, 4) is 0 Å². The standard InChI is InChI=1S/C15H21NO2/c1-10-4-5-12-6-7-15(11(2)16,13(12)8-10)9-14(17)18-3/h4-5,8,11H,6-7,9,16H2,1-3H3. The van der Waals surface area contributed by atoms with Gasteiger partial charge < -0.3 is 10.5 Å². The van der Waals surface area contributed by atoms with Gasteiger partial charge in [0.05, 0.1) is 13.5 Å². The van der Waals surface area contributed by atoms with Crippen molar-refractivity contribution in [2.24, 2.45) is 5.73 Å². The zero-order valence-electron chi connectivity index (χ0n) is 11.3. The molecule has 0 aliphatic heterocycles. The van der Waals surface area contributed by atoms with Crippen LogP contribution in [0.25, 0.3) is 0 Å². The van der Waals surface area contributed by atoms with Gasteiger partial charge in [-0.25, -0.2) is 0 Å². The number of nitrogens with two attached hydrogens (primary N) is 1. The summed E-state index contributed by atoms with van der Waals surface area (Å²) in [7, 11) is 1.43. The Morgan fingerprint density at radius 2 is 2.28 bits per heavy atom. The number of benzene rings is 1. The lowest BCUT2D eigenvalue weighted by Crippen LogP contribution is -2.43. The minimum absolute atomic E-state index is 0.0559. The lowest BCUT2D eigenvalue weighted by atomic mass is 9.73. The van der Waals surface area contributed by atoms with Crippen molar-refractivity contribution in [2.45, 2.75) is 44.6 Å². The maximum atomic E-state index is 11.7. The molecule has 1 aliphatic rings. The van der Waals surface area contributed by atoms with Crippen LogP contribution in [0.4, 0.5) is 0 Å². The summed E-state index contributed by atoms with van der Waals surface area (Å²) in [4.78, 5) is 11.7. The molecule has 3 nitrogen and oxygen atoms in total. The molecule has 2 N–H and O–H groups in total. The van der Waals surface area contributed by atoms with E-state index in [9.17, 15) is 4.79 Å². The topological polar surface area (TPSA) is 52.3 Å². The van der Waals surface area contributed by atoms with Crippen LogP contribution >= 0.6 is 0 Å². The highest BCUT2D eigenvalue weighted by Gasteiger charge is 2.43. The SMILES string of the molecule is COC(=O)CC1(C(C)N)CCc2ccc(C)cc21. The van der Waals surface area contributed by atoms with Crippen LogP contribution in [-0.2, 0) is 21.4 Å². The molecule has 0 amide bonds. The van der Waals surface area contributed by atoms with Crippen molar-refractivity contribution in [1.29, 1.82) is 0 Å². The second kappa shape index (κ2) is 4.73. The van der Waals surface area contributed by atoms with Gasteiger partial charge >= 0.3 is 5.97 Å². The molecule has 1 aromatic carbocycles. The molecule has 2 unspecified atom stereocenters. The van der Waals surface area contributed by atoms with E-state index in [1.807, 2.05) is 6.92 Å². The van der Waals surface area contributed by atoms with E-state index >= 15 is 0 Å². The van der Waals surface area contributed by atoms with E-state index in [1.54, 1.807) is 0 Å². The molecule has 0 bridgehead atoms. The number of rotatable bonds is 3. The first-order chi connectivity index (χ1) is 8.49. The van der Waals surface area contributed by atoms with Crippen LogP contribution < -0.4 is 5.73 Å². The zero-order valence-corrected chi connectivity index (χ0v) is 11.3. The highest BCUT2D eigenvalue weighted by molar-refractivity contribution is 5.72. The van der Waals surface area contributed by atoms with Crippen molar-refractivity contribution in [2.75, 3.05) is 7.11 Å². The summed E-state index contributed by atoms with van der Waals surface area (Å²) in [6.07, 6.45) is 2.30. The molecule has 0 fully saturated rings. The van der Waals surface area contributed by atoms with Gasteiger partial charge in [0.1, 0.15) is 0 Å². The number of carbonyl (C=O) groups is 1. The average molecular weight is 247 g/mol. The van der Waals surface area contributed by atoms with Crippen molar-refractivity contribution in [1.82, 2.24) is 0 Å². The molecule has 18 heavy (non-hydrogen) atoms. The number of hydrogen-bond acceptors (Lipinski definition) is 3. The lowest BCUT2D eigenvalue weighted by Gasteiger charge is -2.33. The average Bonchev–Trinajstić information content (AvgIpc) is 2.69. The van der Waals surface area contributed by atoms with Gasteiger partial charge in [-0.2, -0.15) is 0 Å². The number of carbonyl (C=O) groups excluding carboxylic acids is 1. The first-order valence-corrected chi connectivity index (χ1v) is 6.42. The third kappa shape index (κ3) is 2.03. The summed E-state index contributed by atoms with van der Waals surface area (Å²) in [5, 5.41) is 0. The van der Waals surface area contributed by atoms with Crippen molar-refractivity contribution < 1.29 is 9.53 Å². The summed E-state index contributed by atoms with van der Waals surface area (Å²) in [6, 6.07) is 6.40. The molecule has 0 saturated carbocycles. The normalized spacial score (nSPS) is 23.6. The molecule has 1 aliphatic carbocycles. The van der Waals surface area contributed by atoms with Crippen LogP contribution in [0.1, 0.15) is 36.5 Å². The third-order valence-corrected chi connectivity index (χ3v) is 4.20. The molecule has 2 rings (SSSR count). The van der Waals surface area contributed by atoms with Gasteiger partial charge in [-0.05, 0) is 37.8 Å². The van der Waals surface area contributed by atoms with Gasteiger partial charge in [-0.1, -0.05) is 23.8 Å². The predicted molar refractivity (Wildman–Crippen MR) is 71.5 cm³/mol. The summed E-state index contributed by atoms with van der Waals surface area (Å²) < 4.78 is 4.84. The predicted octanol–water partition coefficient (Wildman–Crippen LogP) is 2.09. The van der Waals surface area contributed by atoms with Crippen molar-refractivity contribution in [3.63, 3.8) is 0 Å². The van der Waals surface area contributed by atoms with Crippen LogP contribution in [0.15, 0.2) is 18.2 Å². The van der Waals surface area contributed by atoms with E-state index in [-0.39, 0.29) is 17.4 Å². The Morgan fingerprint density at radius 1 is 1.56 bits per heavy atom. The molecule has 0 saturated heterocycles. The maximum absolute atomic E-state index is 11.7. The second-order valence-corrected chi connectivity index (χ2v) is 5.36. The fraction of sp³-hybridized carbons (Fsp3) is 0.533. The number of ether oxygens (including phenoxy) is 1. The highest BCUT2D eigenvalue weighted by Crippen LogP contribution is 2.44. The highest BCUT2D eigenvalue weighted by atomic mass is 16.5. The van der Waals surface area contributed by atoms with Crippen LogP contribution in [-0.4, -0.2) is 19.1 Å². The summed E-state index contributed by atoms with van der Waals surface area (Å²) >= 11 is 0. The van der Waals surface area contributed by atoms with Crippen LogP contribution in [0.3, 0.4) is 0 Å². The first-order valence-electron chi connectivity index (χ1n) is 6.42. The van der Waals surface area contributed by atoms with Crippen molar-refractivity contribution >= 4 is 5.97 Å². The fourth-order valence-corrected chi connectivity index (χ4v) is 3.01. The van der Waals surface area contributed by atoms with Gasteiger partial charge in [0, 0.05) is 11.5 Å². The number of esters is 1. The Labute approximate surface area is 108 Å². The minimum Gasteiger partial charge on any atom is -0.469 e. The Balaban J connectivity index is 2.46. The molecule has 98 valence electrons. The van der Waals surface area contributed by atoms with Gasteiger partial charge in [-0.3, -0.25) is 4.79 Å². The number of methoxy groups -OCH3 is 1. The smallest absolute Gasteiger partial charge is 0.306 e. The Kier molecular flexibility index (Phi) is 3.44. The molecular weight excluding hydrogens is 226 g/mol. The molecule has 0 heterocycles. The molecule has 1 aromatic rings. The molecule has 0 spiro atoms. The second-order valence-electron chi connectivity index (χ2n) is 5.36. The van der Waals surface area contributed by atoms with E-state index in [4.69, 9.17) is 10.5 Å². The van der Waals surface area contributed by atoms with Crippen LogP contribution in [0, 0.1) is 6.92 Å². The first kappa shape index (κ1) is 13.1. The number of aryl methyl sites for hydroxylation is 2. The quantitative estimate of drug-likeness (QED) is 0.832. The van der Waals surface area contributed by atoms with Gasteiger partial charge in [0.2, 0.25) is 0 Å². The van der Waals surface area contributed by atoms with Gasteiger partial charge in [-0.15, -0.1) is 0 Å². The van der Waals surface area contributed by atoms with Crippen LogP contribution in [0.2, 0.25) is 0 Å². The van der Waals surface area contributed by atoms with Gasteiger partial charge in [0.15, 0.2) is 0 Å². The summed E-state index contributed by atoms with van der Waals surface area (Å²) in [5.74, 6) is -0.179. The summed E-state index contributed by atoms with van der Waals surface area (Å²) in [6.45, 7) is 4.06. The van der Waals surface area contributed by atoms with E-state index < -0.39 is 0 Å². The molecule has 0 radical (unpaired) electrons. The Morgan fingerprint density at radius 3 is 2.89 bits per heavy atom. The third-order valence-electron chi connectivity index (χ3n) is 4.20. The Hall–Kier alpha value is -1.35. The number of hydrogen-bond donors (Lipinski definition) is 1. The Bertz CT molecular complexity index is 468. The van der Waals surface area contributed by atoms with E-state index in [0.29, 0.717) is 6.42 Å². The van der Waals surface area contributed by atoms with Crippen LogP contribution in [0.5, 0.6) is 0 Å². The zero-order chi connectivity index (χ0) is 13.3. The van der Waals surface area contributed by atoms with E-state index in [2.05, 4.69) is 25.1 Å². The fourth-order valence-electron chi connectivity index (χ4n) is 3.01. The number of fused-ring (bicyclic) bond motifs is 1. The largest absolute Gasteiger partial charge is 0.469 e. The maximum Gasteiger partial charge on any atom is 0.306 e. The minimum atomic E-state index is -0.256. The molecule has 0 aromatic heterocycles. The lowest BCUT2D eigenvalue weighted by molar-refractivity contribution is -0.142. The molecule has 2 atom stereocenters. The molecule has 3 heteroatoms. The monoisotopic (exact) mass is 247 g/mol. The van der Waals surface area contributed by atoms with E-state index in [0.717, 1.165) is 12.8 Å². The van der Waals surface area contributed by atoms with Gasteiger partial charge in [0.25, 0.3) is 0 Å². The molecular formula is C15H21NO2. The van der Waals surface area contributed by atoms with E-state index in [1.165, 1.54) is 23.8 Å².